The van der Waals surface area contributed by atoms with Crippen molar-refractivity contribution in [1.29, 1.82) is 0 Å². The van der Waals surface area contributed by atoms with Crippen molar-refractivity contribution >= 4 is 5.96 Å². The zero-order valence-corrected chi connectivity index (χ0v) is 16.1. The minimum Gasteiger partial charge on any atom is -0.464 e. The smallest absolute Gasteiger partial charge is 0.191 e. The summed E-state index contributed by atoms with van der Waals surface area (Å²) in [5.74, 6) is 4.89. The van der Waals surface area contributed by atoms with E-state index >= 15 is 0 Å². The molecule has 3 heterocycles. The molecule has 1 aliphatic heterocycles. The molecule has 0 spiro atoms. The van der Waals surface area contributed by atoms with Crippen LogP contribution < -0.4 is 10.6 Å². The molecule has 0 amide bonds. The molecule has 2 aromatic heterocycles. The maximum absolute atomic E-state index is 5.67. The van der Waals surface area contributed by atoms with Crippen LogP contribution in [0.2, 0.25) is 0 Å². The second kappa shape index (κ2) is 8.87. The minimum atomic E-state index is 0.0714. The highest BCUT2D eigenvalue weighted by Gasteiger charge is 2.14. The average molecular weight is 358 g/mol. The van der Waals surface area contributed by atoms with Gasteiger partial charge in [-0.15, -0.1) is 10.2 Å². The maximum atomic E-state index is 5.67. The van der Waals surface area contributed by atoms with Gasteiger partial charge in [-0.25, -0.2) is 0 Å². The summed E-state index contributed by atoms with van der Waals surface area (Å²) in [4.78, 5) is 4.30. The van der Waals surface area contributed by atoms with E-state index in [9.17, 15) is 0 Å². The number of nitrogens with zero attached hydrogens (tertiary/aromatic N) is 4. The Kier molecular flexibility index (Phi) is 6.30. The first-order valence-electron chi connectivity index (χ1n) is 9.62. The van der Waals surface area contributed by atoms with Crippen molar-refractivity contribution in [2.24, 2.45) is 4.99 Å². The largest absolute Gasteiger partial charge is 0.464 e. The molecule has 0 saturated carbocycles. The lowest BCUT2D eigenvalue weighted by Crippen LogP contribution is -2.39. The summed E-state index contributed by atoms with van der Waals surface area (Å²) in [6, 6.07) is 4.05. The lowest BCUT2D eigenvalue weighted by molar-refractivity contribution is 0.441. The van der Waals surface area contributed by atoms with Gasteiger partial charge in [0.25, 0.3) is 0 Å². The molecule has 26 heavy (non-hydrogen) atoms. The number of furan rings is 1. The Morgan fingerprint density at radius 3 is 2.96 bits per heavy atom. The van der Waals surface area contributed by atoms with E-state index in [0.29, 0.717) is 0 Å². The molecule has 0 aromatic carbocycles. The highest BCUT2D eigenvalue weighted by molar-refractivity contribution is 5.79. The van der Waals surface area contributed by atoms with Crippen molar-refractivity contribution in [3.05, 3.63) is 35.3 Å². The van der Waals surface area contributed by atoms with Crippen LogP contribution in [0.15, 0.2) is 21.5 Å². The molecule has 7 heteroatoms. The summed E-state index contributed by atoms with van der Waals surface area (Å²) < 4.78 is 7.99. The fourth-order valence-electron chi connectivity index (χ4n) is 3.34. The fraction of sp³-hybridized carbons (Fsp3) is 0.632. The van der Waals surface area contributed by atoms with Gasteiger partial charge in [-0.1, -0.05) is 6.42 Å². The van der Waals surface area contributed by atoms with Crippen molar-refractivity contribution < 1.29 is 4.42 Å². The van der Waals surface area contributed by atoms with Crippen LogP contribution in [0.4, 0.5) is 0 Å². The van der Waals surface area contributed by atoms with Gasteiger partial charge in [0, 0.05) is 33.0 Å². The molecule has 2 N–H and O–H groups in total. The molecule has 1 unspecified atom stereocenters. The van der Waals surface area contributed by atoms with Crippen molar-refractivity contribution in [1.82, 2.24) is 25.4 Å². The predicted octanol–water partition coefficient (Wildman–Crippen LogP) is 2.76. The van der Waals surface area contributed by atoms with Gasteiger partial charge in [0.05, 0.1) is 6.04 Å². The molecular formula is C19H30N6O. The number of fused-ring (bicyclic) bond motifs is 1. The normalized spacial score (nSPS) is 16.0. The van der Waals surface area contributed by atoms with Gasteiger partial charge in [0.15, 0.2) is 5.96 Å². The first-order chi connectivity index (χ1) is 12.7. The number of guanidine groups is 1. The zero-order chi connectivity index (χ0) is 18.4. The SMILES string of the molecule is CN=C(NCCCc1nnc2n1CCCCC2)NC(C)c1ccc(C)o1. The van der Waals surface area contributed by atoms with Gasteiger partial charge in [-0.2, -0.15) is 0 Å². The van der Waals surface area contributed by atoms with Crippen LogP contribution >= 0.6 is 0 Å². The summed E-state index contributed by atoms with van der Waals surface area (Å²) in [6.07, 6.45) is 6.74. The van der Waals surface area contributed by atoms with Crippen molar-refractivity contribution in [2.45, 2.75) is 65.0 Å². The molecule has 142 valence electrons. The van der Waals surface area contributed by atoms with E-state index in [1.54, 1.807) is 7.05 Å². The van der Waals surface area contributed by atoms with Crippen LogP contribution in [0.3, 0.4) is 0 Å². The Labute approximate surface area is 155 Å². The minimum absolute atomic E-state index is 0.0714. The van der Waals surface area contributed by atoms with Gasteiger partial charge in [0.2, 0.25) is 0 Å². The first kappa shape index (κ1) is 18.5. The Hall–Kier alpha value is -2.31. The van der Waals surface area contributed by atoms with Crippen molar-refractivity contribution in [3.63, 3.8) is 0 Å². The molecule has 3 rings (SSSR count). The average Bonchev–Trinajstić information content (AvgIpc) is 3.16. The third-order valence-corrected chi connectivity index (χ3v) is 4.82. The monoisotopic (exact) mass is 358 g/mol. The maximum Gasteiger partial charge on any atom is 0.191 e. The fourth-order valence-corrected chi connectivity index (χ4v) is 3.34. The summed E-state index contributed by atoms with van der Waals surface area (Å²) in [5.41, 5.74) is 0. The van der Waals surface area contributed by atoms with Crippen molar-refractivity contribution in [3.8, 4) is 0 Å². The van der Waals surface area contributed by atoms with E-state index in [2.05, 4.69) is 37.3 Å². The van der Waals surface area contributed by atoms with Crippen LogP contribution in [-0.2, 0) is 19.4 Å². The third-order valence-electron chi connectivity index (χ3n) is 4.82. The number of aromatic nitrogens is 3. The number of hydrogen-bond donors (Lipinski definition) is 2. The number of aryl methyl sites for hydroxylation is 3. The van der Waals surface area contributed by atoms with E-state index in [1.165, 1.54) is 19.3 Å². The highest BCUT2D eigenvalue weighted by atomic mass is 16.3. The summed E-state index contributed by atoms with van der Waals surface area (Å²) in [5, 5.41) is 15.5. The number of nitrogens with one attached hydrogen (secondary N) is 2. The van der Waals surface area contributed by atoms with Crippen LogP contribution in [0, 0.1) is 6.92 Å². The number of hydrogen-bond acceptors (Lipinski definition) is 4. The van der Waals surface area contributed by atoms with Gasteiger partial charge in [0.1, 0.15) is 23.2 Å². The number of rotatable bonds is 6. The molecule has 1 atom stereocenters. The molecule has 7 nitrogen and oxygen atoms in total. The van der Waals surface area contributed by atoms with Crippen LogP contribution in [0.25, 0.3) is 0 Å². The zero-order valence-electron chi connectivity index (χ0n) is 16.1. The second-order valence-electron chi connectivity index (χ2n) is 6.91. The van der Waals surface area contributed by atoms with Crippen LogP contribution in [-0.4, -0.2) is 34.3 Å². The molecule has 0 bridgehead atoms. The molecular weight excluding hydrogens is 328 g/mol. The van der Waals surface area contributed by atoms with Gasteiger partial charge < -0.3 is 19.6 Å². The van der Waals surface area contributed by atoms with Crippen molar-refractivity contribution in [2.75, 3.05) is 13.6 Å². The lowest BCUT2D eigenvalue weighted by atomic mass is 10.2. The first-order valence-corrected chi connectivity index (χ1v) is 9.62. The molecule has 1 aliphatic rings. The molecule has 0 aliphatic carbocycles. The Bertz CT molecular complexity index is 732. The predicted molar refractivity (Wildman–Crippen MR) is 102 cm³/mol. The molecule has 0 saturated heterocycles. The van der Waals surface area contributed by atoms with E-state index in [-0.39, 0.29) is 6.04 Å². The Morgan fingerprint density at radius 2 is 2.19 bits per heavy atom. The van der Waals surface area contributed by atoms with E-state index in [0.717, 1.165) is 61.5 Å². The number of aliphatic imine (C=N–C) groups is 1. The van der Waals surface area contributed by atoms with Crippen LogP contribution in [0.1, 0.15) is 61.8 Å². The van der Waals surface area contributed by atoms with Crippen LogP contribution in [0.5, 0.6) is 0 Å². The second-order valence-corrected chi connectivity index (χ2v) is 6.91. The van der Waals surface area contributed by atoms with E-state index in [1.807, 2.05) is 19.1 Å². The topological polar surface area (TPSA) is 80.3 Å². The molecule has 2 aromatic rings. The van der Waals surface area contributed by atoms with Gasteiger partial charge in [-0.05, 0) is 45.2 Å². The van der Waals surface area contributed by atoms with Gasteiger partial charge in [-0.3, -0.25) is 4.99 Å². The third kappa shape index (κ3) is 4.65. The summed E-state index contributed by atoms with van der Waals surface area (Å²) >= 11 is 0. The van der Waals surface area contributed by atoms with Gasteiger partial charge >= 0.3 is 0 Å². The lowest BCUT2D eigenvalue weighted by Gasteiger charge is -2.16. The molecule has 0 radical (unpaired) electrons. The summed E-state index contributed by atoms with van der Waals surface area (Å²) in [6.45, 7) is 5.92. The highest BCUT2D eigenvalue weighted by Crippen LogP contribution is 2.16. The van der Waals surface area contributed by atoms with E-state index < -0.39 is 0 Å². The summed E-state index contributed by atoms with van der Waals surface area (Å²) in [7, 11) is 1.79. The molecule has 0 fully saturated rings. The Balaban J connectivity index is 1.44. The standard InChI is InChI=1S/C19H30N6O/c1-14-10-11-16(26-14)15(2)22-19(20-3)21-12-7-9-18-24-23-17-8-5-4-6-13-25(17)18/h10-11,15H,4-9,12-13H2,1-3H3,(H2,20,21,22). The quantitative estimate of drug-likeness (QED) is 0.471. The van der Waals surface area contributed by atoms with E-state index in [4.69, 9.17) is 4.42 Å². The Morgan fingerprint density at radius 1 is 1.31 bits per heavy atom.